The predicted molar refractivity (Wildman–Crippen MR) is 33.2 cm³/mol. The van der Waals surface area contributed by atoms with Crippen molar-refractivity contribution in [2.75, 3.05) is 0 Å². The first-order valence-corrected chi connectivity index (χ1v) is 3.34. The number of nitrogens with zero attached hydrogens (tertiary/aromatic N) is 4. The van der Waals surface area contributed by atoms with Gasteiger partial charge in [-0.3, -0.25) is 0 Å². The molecule has 50 valence electrons. The molecule has 0 saturated carbocycles. The minimum Gasteiger partial charge on any atom is -0.422 e. The van der Waals surface area contributed by atoms with Crippen molar-refractivity contribution >= 4 is 11.5 Å². The van der Waals surface area contributed by atoms with Crippen LogP contribution < -0.4 is 0 Å². The van der Waals surface area contributed by atoms with Crippen LogP contribution in [0.25, 0.3) is 11.6 Å². The van der Waals surface area contributed by atoms with E-state index in [0.717, 1.165) is 0 Å². The first-order valence-electron chi connectivity index (χ1n) is 2.50. The Morgan fingerprint density at radius 3 is 3.00 bits per heavy atom. The van der Waals surface area contributed by atoms with E-state index in [9.17, 15) is 0 Å². The molecule has 0 unspecified atom stereocenters. The predicted octanol–water partition coefficient (Wildman–Crippen LogP) is 0.588. The zero-order valence-electron chi connectivity index (χ0n) is 4.76. The van der Waals surface area contributed by atoms with Crippen molar-refractivity contribution in [3.63, 3.8) is 0 Å². The van der Waals surface area contributed by atoms with Gasteiger partial charge in [-0.15, -0.1) is 15.3 Å². The molecule has 0 N–H and O–H groups in total. The third-order valence-electron chi connectivity index (χ3n) is 0.939. The van der Waals surface area contributed by atoms with Gasteiger partial charge in [0.25, 0.3) is 5.89 Å². The van der Waals surface area contributed by atoms with Crippen LogP contribution in [0.4, 0.5) is 0 Å². The molecule has 2 aromatic rings. The van der Waals surface area contributed by atoms with Crippen LogP contribution in [-0.4, -0.2) is 19.8 Å². The van der Waals surface area contributed by atoms with E-state index in [1.165, 1.54) is 17.9 Å². The fourth-order valence-electron chi connectivity index (χ4n) is 0.542. The number of rotatable bonds is 1. The van der Waals surface area contributed by atoms with E-state index >= 15 is 0 Å². The average Bonchev–Trinajstić information content (AvgIpc) is 2.59. The van der Waals surface area contributed by atoms with Crippen molar-refractivity contribution < 1.29 is 4.42 Å². The van der Waals surface area contributed by atoms with E-state index in [2.05, 4.69) is 19.8 Å². The molecule has 0 saturated heterocycles. The Morgan fingerprint density at radius 2 is 2.40 bits per heavy atom. The van der Waals surface area contributed by atoms with Crippen LogP contribution in [0.3, 0.4) is 0 Å². The summed E-state index contributed by atoms with van der Waals surface area (Å²) < 4.78 is 8.50. The smallest absolute Gasteiger partial charge is 0.268 e. The van der Waals surface area contributed by atoms with Crippen LogP contribution >= 0.6 is 11.5 Å². The molecule has 0 atom stereocenters. The minimum absolute atomic E-state index is 0.411. The second-order valence-electron chi connectivity index (χ2n) is 1.53. The van der Waals surface area contributed by atoms with E-state index in [1.807, 2.05) is 0 Å². The molecule has 0 aromatic carbocycles. The van der Waals surface area contributed by atoms with Gasteiger partial charge in [0.15, 0.2) is 5.69 Å². The summed E-state index contributed by atoms with van der Waals surface area (Å²) in [5, 5.41) is 12.6. The van der Waals surface area contributed by atoms with Crippen LogP contribution in [0.1, 0.15) is 0 Å². The first kappa shape index (κ1) is 5.48. The lowest BCUT2D eigenvalue weighted by atomic mass is 10.5. The summed E-state index contributed by atoms with van der Waals surface area (Å²) in [6.07, 6.45) is 1.26. The highest BCUT2D eigenvalue weighted by Crippen LogP contribution is 2.12. The Morgan fingerprint density at radius 1 is 1.40 bits per heavy atom. The van der Waals surface area contributed by atoms with E-state index in [-0.39, 0.29) is 0 Å². The molecule has 2 aromatic heterocycles. The van der Waals surface area contributed by atoms with Gasteiger partial charge in [-0.25, -0.2) is 0 Å². The number of hydrogen-bond acceptors (Lipinski definition) is 6. The maximum Gasteiger partial charge on any atom is 0.268 e. The fraction of sp³-hybridized carbons (Fsp3) is 0. The van der Waals surface area contributed by atoms with Crippen molar-refractivity contribution in [2.45, 2.75) is 0 Å². The van der Waals surface area contributed by atoms with Crippen LogP contribution in [0, 0.1) is 0 Å². The molecule has 2 heterocycles. The van der Waals surface area contributed by atoms with E-state index in [1.54, 1.807) is 5.38 Å². The van der Waals surface area contributed by atoms with E-state index in [4.69, 9.17) is 4.42 Å². The zero-order chi connectivity index (χ0) is 6.81. The molecule has 0 radical (unpaired) electrons. The molecule has 6 heteroatoms. The van der Waals surface area contributed by atoms with Gasteiger partial charge in [0.05, 0.1) is 0 Å². The summed E-state index contributed by atoms with van der Waals surface area (Å²) in [6.45, 7) is 0. The second kappa shape index (κ2) is 2.14. The standard InChI is InChI=1S/C4H2N4OS/c1-3(6-8-10-1)4-7-5-2-9-4/h1-2H. The zero-order valence-corrected chi connectivity index (χ0v) is 5.58. The summed E-state index contributed by atoms with van der Waals surface area (Å²) in [5.74, 6) is 0.411. The molecule has 5 nitrogen and oxygen atoms in total. The highest BCUT2D eigenvalue weighted by Gasteiger charge is 2.04. The minimum atomic E-state index is 0.411. The molecule has 0 spiro atoms. The average molecular weight is 154 g/mol. The van der Waals surface area contributed by atoms with Gasteiger partial charge in [0, 0.05) is 5.38 Å². The third-order valence-corrected chi connectivity index (χ3v) is 1.44. The summed E-state index contributed by atoms with van der Waals surface area (Å²) in [6, 6.07) is 0. The van der Waals surface area contributed by atoms with Crippen molar-refractivity contribution in [3.8, 4) is 11.6 Å². The van der Waals surface area contributed by atoms with Gasteiger partial charge in [0.2, 0.25) is 6.39 Å². The van der Waals surface area contributed by atoms with Crippen LogP contribution in [-0.2, 0) is 0 Å². The third kappa shape index (κ3) is 0.781. The Kier molecular flexibility index (Phi) is 1.17. The quantitative estimate of drug-likeness (QED) is 0.601. The van der Waals surface area contributed by atoms with Gasteiger partial charge in [-0.1, -0.05) is 4.49 Å². The van der Waals surface area contributed by atoms with Gasteiger partial charge in [-0.2, -0.15) is 0 Å². The Hall–Kier alpha value is -1.30. The van der Waals surface area contributed by atoms with Gasteiger partial charge < -0.3 is 4.42 Å². The van der Waals surface area contributed by atoms with Gasteiger partial charge >= 0.3 is 0 Å². The molecule has 0 aliphatic rings. The maximum atomic E-state index is 4.86. The Labute approximate surface area is 59.9 Å². The highest BCUT2D eigenvalue weighted by atomic mass is 32.1. The van der Waals surface area contributed by atoms with Crippen LogP contribution in [0.5, 0.6) is 0 Å². The van der Waals surface area contributed by atoms with Crippen molar-refractivity contribution in [3.05, 3.63) is 11.8 Å². The SMILES string of the molecule is c1nnc(-c2csnn2)o1. The Balaban J connectivity index is 2.48. The molecule has 0 fully saturated rings. The fourth-order valence-corrected chi connectivity index (χ4v) is 0.973. The maximum absolute atomic E-state index is 4.86. The van der Waals surface area contributed by atoms with E-state index in [0.29, 0.717) is 11.6 Å². The highest BCUT2D eigenvalue weighted by molar-refractivity contribution is 7.03. The van der Waals surface area contributed by atoms with Crippen molar-refractivity contribution in [1.29, 1.82) is 0 Å². The molecule has 10 heavy (non-hydrogen) atoms. The summed E-state index contributed by atoms with van der Waals surface area (Å²) in [4.78, 5) is 0. The van der Waals surface area contributed by atoms with Crippen molar-refractivity contribution in [1.82, 2.24) is 19.8 Å². The molecule has 2 rings (SSSR count). The van der Waals surface area contributed by atoms with Gasteiger partial charge in [-0.05, 0) is 11.5 Å². The lowest BCUT2D eigenvalue weighted by molar-refractivity contribution is 0.566. The van der Waals surface area contributed by atoms with Crippen molar-refractivity contribution in [2.24, 2.45) is 0 Å². The first-order chi connectivity index (χ1) is 4.97. The largest absolute Gasteiger partial charge is 0.422 e. The van der Waals surface area contributed by atoms with E-state index < -0.39 is 0 Å². The molecular formula is C4H2N4OS. The van der Waals surface area contributed by atoms with Crippen LogP contribution in [0.2, 0.25) is 0 Å². The topological polar surface area (TPSA) is 64.7 Å². The summed E-state index contributed by atoms with van der Waals surface area (Å²) in [5.41, 5.74) is 0.627. The Bertz CT molecular complexity index is 257. The van der Waals surface area contributed by atoms with Crippen LogP contribution in [0.15, 0.2) is 16.2 Å². The summed E-state index contributed by atoms with van der Waals surface area (Å²) in [7, 11) is 0. The molecular weight excluding hydrogens is 152 g/mol. The lowest BCUT2D eigenvalue weighted by Crippen LogP contribution is -1.76. The molecule has 0 aliphatic heterocycles. The monoisotopic (exact) mass is 154 g/mol. The lowest BCUT2D eigenvalue weighted by Gasteiger charge is -1.78. The number of aromatic nitrogens is 4. The second-order valence-corrected chi connectivity index (χ2v) is 2.14. The number of hydrogen-bond donors (Lipinski definition) is 0. The van der Waals surface area contributed by atoms with Gasteiger partial charge in [0.1, 0.15) is 0 Å². The normalized spacial score (nSPS) is 10.0. The molecule has 0 amide bonds. The molecule has 0 aliphatic carbocycles. The molecule has 0 bridgehead atoms. The summed E-state index contributed by atoms with van der Waals surface area (Å²) >= 11 is 1.25.